The molecule has 1 saturated heterocycles. The van der Waals surface area contributed by atoms with Gasteiger partial charge in [0.25, 0.3) is 0 Å². The third-order valence-corrected chi connectivity index (χ3v) is 4.36. The Morgan fingerprint density at radius 1 is 1.19 bits per heavy atom. The summed E-state index contributed by atoms with van der Waals surface area (Å²) in [5.74, 6) is 0.107. The molecule has 0 aromatic heterocycles. The van der Waals surface area contributed by atoms with Crippen LogP contribution in [0.15, 0.2) is 28.7 Å². The highest BCUT2D eigenvalue weighted by Gasteiger charge is 2.38. The predicted molar refractivity (Wildman–Crippen MR) is 90.3 cm³/mol. The molecule has 0 atom stereocenters. The number of benzene rings is 1. The van der Waals surface area contributed by atoms with Gasteiger partial charge < -0.3 is 10.6 Å². The van der Waals surface area contributed by atoms with Crippen molar-refractivity contribution in [2.75, 3.05) is 0 Å². The van der Waals surface area contributed by atoms with Crippen molar-refractivity contribution >= 4 is 21.8 Å². The van der Waals surface area contributed by atoms with E-state index in [4.69, 9.17) is 0 Å². The number of piperidine rings is 1. The number of nitrogens with one attached hydrogen (secondary N) is 2. The molecule has 0 spiro atoms. The van der Waals surface area contributed by atoms with Gasteiger partial charge in [0.15, 0.2) is 0 Å². The molecule has 0 radical (unpaired) electrons. The molecule has 2 N–H and O–H groups in total. The van der Waals surface area contributed by atoms with Crippen molar-refractivity contribution in [3.05, 3.63) is 34.3 Å². The van der Waals surface area contributed by atoms with E-state index >= 15 is 0 Å². The van der Waals surface area contributed by atoms with E-state index in [1.807, 2.05) is 24.3 Å². The largest absolute Gasteiger partial charge is 0.353 e. The van der Waals surface area contributed by atoms with E-state index in [2.05, 4.69) is 54.3 Å². The Hall–Kier alpha value is -0.870. The minimum absolute atomic E-state index is 0.0529. The smallest absolute Gasteiger partial charge is 0.224 e. The van der Waals surface area contributed by atoms with Crippen LogP contribution in [0.5, 0.6) is 0 Å². The maximum atomic E-state index is 12.2. The lowest BCUT2D eigenvalue weighted by molar-refractivity contribution is -0.121. The van der Waals surface area contributed by atoms with Gasteiger partial charge in [0.2, 0.25) is 5.91 Å². The second-order valence-corrected chi connectivity index (χ2v) is 8.28. The van der Waals surface area contributed by atoms with Crippen molar-refractivity contribution in [2.45, 2.75) is 64.1 Å². The standard InChI is InChI=1S/C17H25BrN2O/c1-16(2)10-14(11-17(3,4)20-16)19-15(21)9-12-5-7-13(18)8-6-12/h5-8,14,20H,9-11H2,1-4H3,(H,19,21). The molecule has 1 fully saturated rings. The average Bonchev–Trinajstić information content (AvgIpc) is 2.27. The Balaban J connectivity index is 1.94. The molecule has 2 rings (SSSR count). The summed E-state index contributed by atoms with van der Waals surface area (Å²) in [6, 6.07) is 8.15. The molecule has 1 aromatic carbocycles. The van der Waals surface area contributed by atoms with Crippen LogP contribution in [0.1, 0.15) is 46.1 Å². The first-order valence-corrected chi connectivity index (χ1v) is 8.28. The monoisotopic (exact) mass is 352 g/mol. The first kappa shape index (κ1) is 16.5. The lowest BCUT2D eigenvalue weighted by atomic mass is 9.79. The summed E-state index contributed by atoms with van der Waals surface area (Å²) < 4.78 is 1.04. The fourth-order valence-corrected chi connectivity index (χ4v) is 3.76. The molecule has 1 heterocycles. The quantitative estimate of drug-likeness (QED) is 0.874. The van der Waals surface area contributed by atoms with Crippen LogP contribution in [0.25, 0.3) is 0 Å². The summed E-state index contributed by atoms with van der Waals surface area (Å²) in [7, 11) is 0. The molecule has 0 unspecified atom stereocenters. The molecule has 4 heteroatoms. The molecule has 1 amide bonds. The minimum Gasteiger partial charge on any atom is -0.353 e. The fraction of sp³-hybridized carbons (Fsp3) is 0.588. The molecule has 1 aliphatic heterocycles. The number of carbonyl (C=O) groups excluding carboxylic acids is 1. The Kier molecular flexibility index (Phi) is 4.79. The van der Waals surface area contributed by atoms with Crippen molar-refractivity contribution in [3.63, 3.8) is 0 Å². The van der Waals surface area contributed by atoms with Crippen LogP contribution < -0.4 is 10.6 Å². The van der Waals surface area contributed by atoms with E-state index in [1.165, 1.54) is 0 Å². The molecular formula is C17H25BrN2O. The van der Waals surface area contributed by atoms with Crippen LogP contribution in [0.2, 0.25) is 0 Å². The number of rotatable bonds is 3. The topological polar surface area (TPSA) is 41.1 Å². The van der Waals surface area contributed by atoms with Crippen molar-refractivity contribution < 1.29 is 4.79 Å². The zero-order valence-electron chi connectivity index (χ0n) is 13.3. The Morgan fingerprint density at radius 3 is 2.24 bits per heavy atom. The third-order valence-electron chi connectivity index (χ3n) is 3.83. The van der Waals surface area contributed by atoms with E-state index in [9.17, 15) is 4.79 Å². The second kappa shape index (κ2) is 6.09. The molecule has 0 bridgehead atoms. The number of halogens is 1. The molecule has 1 aliphatic rings. The summed E-state index contributed by atoms with van der Waals surface area (Å²) in [6.07, 6.45) is 2.36. The highest BCUT2D eigenvalue weighted by atomic mass is 79.9. The highest BCUT2D eigenvalue weighted by Crippen LogP contribution is 2.28. The first-order valence-electron chi connectivity index (χ1n) is 7.48. The lowest BCUT2D eigenvalue weighted by Gasteiger charge is -2.46. The van der Waals surface area contributed by atoms with Gasteiger partial charge in [0, 0.05) is 21.6 Å². The third kappa shape index (κ3) is 5.11. The number of hydrogen-bond donors (Lipinski definition) is 2. The Morgan fingerprint density at radius 2 is 1.71 bits per heavy atom. The summed E-state index contributed by atoms with van der Waals surface area (Å²) in [5.41, 5.74) is 1.15. The van der Waals surface area contributed by atoms with Gasteiger partial charge in [-0.3, -0.25) is 4.79 Å². The molecule has 3 nitrogen and oxygen atoms in total. The number of amides is 1. The van der Waals surface area contributed by atoms with Crippen LogP contribution in [0.3, 0.4) is 0 Å². The highest BCUT2D eigenvalue weighted by molar-refractivity contribution is 9.10. The maximum absolute atomic E-state index is 12.2. The van der Waals surface area contributed by atoms with Gasteiger partial charge in [-0.1, -0.05) is 28.1 Å². The van der Waals surface area contributed by atoms with Crippen molar-refractivity contribution in [3.8, 4) is 0 Å². The normalized spacial score (nSPS) is 21.0. The maximum Gasteiger partial charge on any atom is 0.224 e. The van der Waals surface area contributed by atoms with Gasteiger partial charge in [-0.05, 0) is 58.2 Å². The summed E-state index contributed by atoms with van der Waals surface area (Å²) >= 11 is 3.41. The molecular weight excluding hydrogens is 328 g/mol. The lowest BCUT2D eigenvalue weighted by Crippen LogP contribution is -2.62. The molecule has 116 valence electrons. The SMILES string of the molecule is CC1(C)CC(NC(=O)Cc2ccc(Br)cc2)CC(C)(C)N1. The van der Waals surface area contributed by atoms with Gasteiger partial charge in [0.1, 0.15) is 0 Å². The number of carbonyl (C=O) groups is 1. The van der Waals surface area contributed by atoms with Gasteiger partial charge in [-0.2, -0.15) is 0 Å². The van der Waals surface area contributed by atoms with Crippen molar-refractivity contribution in [1.29, 1.82) is 0 Å². The Labute approximate surface area is 136 Å². The summed E-state index contributed by atoms with van der Waals surface area (Å²) in [6.45, 7) is 8.78. The van der Waals surface area contributed by atoms with Crippen molar-refractivity contribution in [1.82, 2.24) is 10.6 Å². The first-order chi connectivity index (χ1) is 9.65. The van der Waals surface area contributed by atoms with Gasteiger partial charge in [-0.25, -0.2) is 0 Å². The second-order valence-electron chi connectivity index (χ2n) is 7.37. The zero-order valence-corrected chi connectivity index (χ0v) is 14.9. The Bertz CT molecular complexity index is 492. The van der Waals surface area contributed by atoms with E-state index in [1.54, 1.807) is 0 Å². The van der Waals surface area contributed by atoms with Crippen LogP contribution in [-0.4, -0.2) is 23.0 Å². The van der Waals surface area contributed by atoms with E-state index < -0.39 is 0 Å². The zero-order chi connectivity index (χ0) is 15.7. The van der Waals surface area contributed by atoms with Crippen LogP contribution in [0.4, 0.5) is 0 Å². The molecule has 1 aromatic rings. The summed E-state index contributed by atoms with van der Waals surface area (Å²) in [5, 5.41) is 6.84. The van der Waals surface area contributed by atoms with Gasteiger partial charge >= 0.3 is 0 Å². The molecule has 0 saturated carbocycles. The average molecular weight is 353 g/mol. The molecule has 0 aliphatic carbocycles. The van der Waals surface area contributed by atoms with Crippen LogP contribution >= 0.6 is 15.9 Å². The van der Waals surface area contributed by atoms with Gasteiger partial charge in [-0.15, -0.1) is 0 Å². The fourth-order valence-electron chi connectivity index (χ4n) is 3.49. The van der Waals surface area contributed by atoms with Crippen molar-refractivity contribution in [2.24, 2.45) is 0 Å². The predicted octanol–water partition coefficient (Wildman–Crippen LogP) is 3.42. The van der Waals surface area contributed by atoms with E-state index in [-0.39, 0.29) is 23.0 Å². The van der Waals surface area contributed by atoms with Crippen LogP contribution in [0, 0.1) is 0 Å². The number of hydrogen-bond acceptors (Lipinski definition) is 2. The van der Waals surface area contributed by atoms with E-state index in [0.717, 1.165) is 22.9 Å². The van der Waals surface area contributed by atoms with E-state index in [0.29, 0.717) is 6.42 Å². The summed E-state index contributed by atoms with van der Waals surface area (Å²) in [4.78, 5) is 12.2. The molecule has 21 heavy (non-hydrogen) atoms. The van der Waals surface area contributed by atoms with Crippen LogP contribution in [-0.2, 0) is 11.2 Å². The minimum atomic E-state index is 0.0529. The van der Waals surface area contributed by atoms with Gasteiger partial charge in [0.05, 0.1) is 6.42 Å².